The number of unbranched alkanes of at least 4 members (excludes halogenated alkanes) is 1. The van der Waals surface area contributed by atoms with Crippen molar-refractivity contribution in [2.75, 3.05) is 30.7 Å². The van der Waals surface area contributed by atoms with Crippen LogP contribution in [0.3, 0.4) is 0 Å². The first-order valence-corrected chi connectivity index (χ1v) is 18.9. The van der Waals surface area contributed by atoms with Gasteiger partial charge in [-0.15, -0.1) is 0 Å². The molecular weight excluding hydrogens is 751 g/mol. The molecule has 2 heterocycles. The van der Waals surface area contributed by atoms with Gasteiger partial charge in [-0.2, -0.15) is 0 Å². The van der Waals surface area contributed by atoms with Crippen LogP contribution in [0.25, 0.3) is 21.9 Å². The summed E-state index contributed by atoms with van der Waals surface area (Å²) in [4.78, 5) is 80.3. The minimum absolute atomic E-state index is 0.110. The van der Waals surface area contributed by atoms with Crippen LogP contribution in [0.2, 0.25) is 0 Å². The van der Waals surface area contributed by atoms with Crippen LogP contribution >= 0.6 is 0 Å². The van der Waals surface area contributed by atoms with E-state index in [4.69, 9.17) is 32.8 Å². The van der Waals surface area contributed by atoms with Gasteiger partial charge in [-0.05, 0) is 48.9 Å². The van der Waals surface area contributed by atoms with E-state index < -0.39 is 48.5 Å². The molecule has 4 rings (SSSR count). The average Bonchev–Trinajstić information content (AvgIpc) is 3.55. The van der Waals surface area contributed by atoms with Crippen molar-refractivity contribution in [3.63, 3.8) is 0 Å². The van der Waals surface area contributed by atoms with E-state index in [1.165, 1.54) is 0 Å². The Hall–Kier alpha value is -6.54. The first kappa shape index (κ1) is 44.2. The molecule has 20 nitrogen and oxygen atoms in total. The maximum absolute atomic E-state index is 13.3. The van der Waals surface area contributed by atoms with E-state index in [1.54, 1.807) is 38.1 Å². The molecule has 4 aromatic rings. The second-order valence-electron chi connectivity index (χ2n) is 13.7. The molecule has 2 atom stereocenters. The van der Waals surface area contributed by atoms with Crippen molar-refractivity contribution in [2.24, 2.45) is 28.3 Å². The van der Waals surface area contributed by atoms with Crippen LogP contribution in [-0.4, -0.2) is 82.1 Å². The van der Waals surface area contributed by atoms with E-state index in [2.05, 4.69) is 52.9 Å². The van der Waals surface area contributed by atoms with Crippen LogP contribution in [-0.2, 0) is 43.5 Å². The molecule has 2 aromatic heterocycles. The van der Waals surface area contributed by atoms with Gasteiger partial charge in [0, 0.05) is 30.6 Å². The Balaban J connectivity index is 1.32. The molecule has 13 N–H and O–H groups in total. The number of nitrogens with one attached hydrogen (secondary N) is 5. The molecule has 0 aliphatic rings. The number of alkyl carbamates (subject to hydrolysis) is 1. The molecule has 6 amide bonds. The van der Waals surface area contributed by atoms with Gasteiger partial charge in [0.05, 0.1) is 17.6 Å². The van der Waals surface area contributed by atoms with E-state index in [1.807, 2.05) is 24.3 Å². The lowest BCUT2D eigenvalue weighted by atomic mass is 10.0. The molecule has 0 saturated carbocycles. The average molecular weight is 804 g/mol. The molecule has 0 bridgehead atoms. The van der Waals surface area contributed by atoms with Crippen LogP contribution in [0.4, 0.5) is 21.1 Å². The molecule has 20 heteroatoms. The van der Waals surface area contributed by atoms with Gasteiger partial charge in [-0.3, -0.25) is 29.5 Å². The third-order valence-corrected chi connectivity index (χ3v) is 8.95. The Morgan fingerprint density at radius 2 is 1.69 bits per heavy atom. The van der Waals surface area contributed by atoms with Crippen LogP contribution in [0.5, 0.6) is 0 Å². The molecule has 0 saturated heterocycles. The van der Waals surface area contributed by atoms with Gasteiger partial charge < -0.3 is 47.8 Å². The topological polar surface area (TPSA) is 311 Å². The SMILES string of the molecule is CCCCc1nc2c(N)nc3ccccc3c2n1CCN=C(N)NC(=O)OCc1ccc(NC(=O)C(CCCNC(N)=O)NC(=O)[C@@H](NC(=O)CON)C(C)C)cc1. The number of aromatic nitrogens is 3. The van der Waals surface area contributed by atoms with Crippen LogP contribution in [0.1, 0.15) is 57.8 Å². The largest absolute Gasteiger partial charge is 0.444 e. The predicted molar refractivity (Wildman–Crippen MR) is 219 cm³/mol. The van der Waals surface area contributed by atoms with E-state index >= 15 is 0 Å². The van der Waals surface area contributed by atoms with Gasteiger partial charge >= 0.3 is 12.1 Å². The van der Waals surface area contributed by atoms with E-state index in [9.17, 15) is 24.0 Å². The van der Waals surface area contributed by atoms with Gasteiger partial charge in [0.25, 0.3) is 0 Å². The Labute approximate surface area is 335 Å². The van der Waals surface area contributed by atoms with Gasteiger partial charge in [-0.1, -0.05) is 57.5 Å². The number of fused-ring (bicyclic) bond motifs is 3. The van der Waals surface area contributed by atoms with Crippen molar-refractivity contribution in [3.05, 3.63) is 59.9 Å². The number of nitrogens with two attached hydrogens (primary N) is 4. The van der Waals surface area contributed by atoms with E-state index in [0.717, 1.165) is 41.5 Å². The number of para-hydroxylation sites is 1. The minimum Gasteiger partial charge on any atom is -0.444 e. The van der Waals surface area contributed by atoms with Crippen molar-refractivity contribution in [3.8, 4) is 0 Å². The third-order valence-electron chi connectivity index (χ3n) is 8.95. The highest BCUT2D eigenvalue weighted by Gasteiger charge is 2.29. The number of amides is 6. The summed E-state index contributed by atoms with van der Waals surface area (Å²) in [6.07, 6.45) is 2.32. The highest BCUT2D eigenvalue weighted by Crippen LogP contribution is 2.29. The summed E-state index contributed by atoms with van der Waals surface area (Å²) >= 11 is 0. The zero-order chi connectivity index (χ0) is 42.2. The number of primary amides is 1. The van der Waals surface area contributed by atoms with Crippen LogP contribution in [0, 0.1) is 5.92 Å². The van der Waals surface area contributed by atoms with Gasteiger partial charge in [0.2, 0.25) is 17.7 Å². The summed E-state index contributed by atoms with van der Waals surface area (Å²) in [6, 6.07) is 11.5. The standard InChI is InChI=1S/C38H53N13O7/c1-4-5-12-28-48-31-32(25-9-6-7-10-26(25)46-33(31)39)51(28)19-18-43-36(40)50-38(56)57-20-23-13-15-24(16-14-23)45-34(53)27(11-8-17-44-37(41)55)47-35(54)30(22(2)3)49-29(52)21-58-42/h6-7,9-10,13-16,22,27,30H,4-5,8,11-12,17-21,42H2,1-3H3,(H2,39,46)(H,45,53)(H,47,54)(H,49,52)(H3,41,44,55)(H3,40,43,50,56)/t27?,30-/m0/s1. The maximum Gasteiger partial charge on any atom is 0.414 e. The van der Waals surface area contributed by atoms with Gasteiger partial charge in [0.15, 0.2) is 11.8 Å². The van der Waals surface area contributed by atoms with Crippen molar-refractivity contribution >= 4 is 69.2 Å². The lowest BCUT2D eigenvalue weighted by Crippen LogP contribution is -2.55. The highest BCUT2D eigenvalue weighted by atomic mass is 16.6. The number of rotatable bonds is 20. The zero-order valence-corrected chi connectivity index (χ0v) is 32.9. The zero-order valence-electron chi connectivity index (χ0n) is 32.9. The molecule has 0 spiro atoms. The molecule has 1 unspecified atom stereocenters. The van der Waals surface area contributed by atoms with E-state index in [-0.39, 0.29) is 38.0 Å². The number of nitrogens with zero attached hydrogens (tertiary/aromatic N) is 4. The molecule has 0 aliphatic carbocycles. The fourth-order valence-electron chi connectivity index (χ4n) is 6.06. The van der Waals surface area contributed by atoms with Gasteiger partial charge in [-0.25, -0.2) is 25.5 Å². The van der Waals surface area contributed by atoms with Crippen molar-refractivity contribution in [1.29, 1.82) is 0 Å². The highest BCUT2D eigenvalue weighted by molar-refractivity contribution is 6.06. The number of aryl methyl sites for hydroxylation is 1. The summed E-state index contributed by atoms with van der Waals surface area (Å²) in [5.41, 5.74) is 20.7. The van der Waals surface area contributed by atoms with Gasteiger partial charge in [0.1, 0.15) is 36.6 Å². The summed E-state index contributed by atoms with van der Waals surface area (Å²) in [6.45, 7) is 5.85. The molecule has 0 radical (unpaired) electrons. The Morgan fingerprint density at radius 1 is 0.948 bits per heavy atom. The number of anilines is 2. The maximum atomic E-state index is 13.3. The normalized spacial score (nSPS) is 12.5. The number of carbonyl (C=O) groups is 5. The Morgan fingerprint density at radius 3 is 2.38 bits per heavy atom. The fourth-order valence-corrected chi connectivity index (χ4v) is 6.06. The summed E-state index contributed by atoms with van der Waals surface area (Å²) < 4.78 is 7.41. The number of nitrogen functional groups attached to an aromatic ring is 1. The Bertz CT molecular complexity index is 2090. The first-order chi connectivity index (χ1) is 27.8. The number of urea groups is 1. The third kappa shape index (κ3) is 12.7. The number of guanidine groups is 1. The number of pyridine rings is 1. The molecule has 58 heavy (non-hydrogen) atoms. The minimum atomic E-state index is -1.04. The Kier molecular flexibility index (Phi) is 16.5. The van der Waals surface area contributed by atoms with Crippen molar-refractivity contribution < 1.29 is 33.5 Å². The molecule has 0 fully saturated rings. The summed E-state index contributed by atoms with van der Waals surface area (Å²) in [7, 11) is 0. The number of aliphatic imine (C=N–C) groups is 1. The summed E-state index contributed by atoms with van der Waals surface area (Å²) in [5, 5.41) is 13.8. The second-order valence-corrected chi connectivity index (χ2v) is 13.7. The van der Waals surface area contributed by atoms with Crippen molar-refractivity contribution in [1.82, 2.24) is 35.8 Å². The number of imidazole rings is 1. The van der Waals surface area contributed by atoms with Crippen LogP contribution in [0.15, 0.2) is 53.5 Å². The monoisotopic (exact) mass is 803 g/mol. The fraction of sp³-hybridized carbons (Fsp3) is 0.421. The van der Waals surface area contributed by atoms with E-state index in [0.29, 0.717) is 35.6 Å². The lowest BCUT2D eigenvalue weighted by molar-refractivity contribution is -0.133. The number of hydrogen-bond donors (Lipinski definition) is 9. The molecular formula is C38H53N13O7. The number of ether oxygens (including phenoxy) is 1. The molecule has 312 valence electrons. The molecule has 0 aliphatic heterocycles. The number of carbonyl (C=O) groups excluding carboxylic acids is 5. The number of benzene rings is 2. The number of hydrogen-bond acceptors (Lipinski definition) is 12. The first-order valence-electron chi connectivity index (χ1n) is 18.9. The smallest absolute Gasteiger partial charge is 0.414 e. The second kappa shape index (κ2) is 21.7. The predicted octanol–water partition coefficient (Wildman–Crippen LogP) is 1.65. The summed E-state index contributed by atoms with van der Waals surface area (Å²) in [5.74, 6) is 4.00. The van der Waals surface area contributed by atoms with Crippen molar-refractivity contribution in [2.45, 2.75) is 78.1 Å². The quantitative estimate of drug-likeness (QED) is 0.0267. The van der Waals surface area contributed by atoms with Crippen LogP contribution < -0.4 is 49.7 Å². The lowest BCUT2D eigenvalue weighted by Gasteiger charge is -2.25. The molecule has 2 aromatic carbocycles.